The first kappa shape index (κ1) is 18.7. The lowest BCUT2D eigenvalue weighted by molar-refractivity contribution is -0.135. The predicted octanol–water partition coefficient (Wildman–Crippen LogP) is 1.53. The van der Waals surface area contributed by atoms with E-state index in [4.69, 9.17) is 0 Å². The van der Waals surface area contributed by atoms with Crippen molar-refractivity contribution in [2.24, 2.45) is 0 Å². The lowest BCUT2D eigenvalue weighted by atomic mass is 10.0. The van der Waals surface area contributed by atoms with Crippen molar-refractivity contribution >= 4 is 21.6 Å². The summed E-state index contributed by atoms with van der Waals surface area (Å²) in [6, 6.07) is 7.44. The Balaban J connectivity index is 2.07. The maximum absolute atomic E-state index is 12.7. The van der Waals surface area contributed by atoms with Crippen LogP contribution < -0.4 is 4.90 Å². The Morgan fingerprint density at radius 1 is 1.17 bits per heavy atom. The number of hydrogen-bond donors (Lipinski definition) is 0. The molecule has 1 unspecified atom stereocenters. The van der Waals surface area contributed by atoms with Crippen LogP contribution in [-0.4, -0.2) is 63.5 Å². The van der Waals surface area contributed by atoms with Gasteiger partial charge in [-0.15, -0.1) is 0 Å². The molecule has 24 heavy (non-hydrogen) atoms. The topological polar surface area (TPSA) is 60.9 Å². The molecule has 2 rings (SSSR count). The molecule has 1 aliphatic rings. The second-order valence-electron chi connectivity index (χ2n) is 6.64. The number of nitrogens with zero attached hydrogens (tertiary/aromatic N) is 3. The third-order valence-electron chi connectivity index (χ3n) is 4.41. The number of likely N-dealkylation sites (N-methyl/N-ethyl adjacent to an activating group) is 1. The van der Waals surface area contributed by atoms with Crippen LogP contribution in [0.3, 0.4) is 0 Å². The van der Waals surface area contributed by atoms with E-state index < -0.39 is 16.1 Å². The first-order valence-electron chi connectivity index (χ1n) is 8.18. The summed E-state index contributed by atoms with van der Waals surface area (Å²) in [5.74, 6) is -0.128. The Kier molecular flexibility index (Phi) is 5.87. The van der Waals surface area contributed by atoms with Gasteiger partial charge in [0.05, 0.1) is 6.26 Å². The van der Waals surface area contributed by atoms with Crippen molar-refractivity contribution in [1.29, 1.82) is 0 Å². The van der Waals surface area contributed by atoms with Crippen LogP contribution in [0.15, 0.2) is 24.3 Å². The van der Waals surface area contributed by atoms with Gasteiger partial charge in [0.1, 0.15) is 6.04 Å². The zero-order valence-electron chi connectivity index (χ0n) is 14.9. The van der Waals surface area contributed by atoms with E-state index in [0.717, 1.165) is 24.1 Å². The van der Waals surface area contributed by atoms with E-state index in [1.165, 1.54) is 10.6 Å². The molecule has 0 spiro atoms. The van der Waals surface area contributed by atoms with Crippen LogP contribution in [0.1, 0.15) is 24.8 Å². The van der Waals surface area contributed by atoms with Gasteiger partial charge in [0.25, 0.3) is 0 Å². The lowest BCUT2D eigenvalue weighted by Gasteiger charge is -2.35. The standard InChI is InChI=1S/C17H27N3O3S/c1-18(2)15-10-8-14(9-11-15)13-19(3)17(21)16-7-5-6-12-20(16)24(4,22)23/h8-11,16H,5-7,12-13H2,1-4H3. The molecule has 1 saturated heterocycles. The molecule has 0 bridgehead atoms. The lowest BCUT2D eigenvalue weighted by Crippen LogP contribution is -2.51. The van der Waals surface area contributed by atoms with Gasteiger partial charge >= 0.3 is 0 Å². The van der Waals surface area contributed by atoms with Crippen molar-refractivity contribution in [2.75, 3.05) is 38.8 Å². The highest BCUT2D eigenvalue weighted by Crippen LogP contribution is 2.22. The highest BCUT2D eigenvalue weighted by molar-refractivity contribution is 7.88. The molecule has 0 aromatic heterocycles. The summed E-state index contributed by atoms with van der Waals surface area (Å²) in [6.07, 6.45) is 3.47. The van der Waals surface area contributed by atoms with E-state index >= 15 is 0 Å². The Morgan fingerprint density at radius 3 is 2.33 bits per heavy atom. The average Bonchev–Trinajstić information content (AvgIpc) is 2.53. The van der Waals surface area contributed by atoms with E-state index in [-0.39, 0.29) is 5.91 Å². The van der Waals surface area contributed by atoms with E-state index in [1.54, 1.807) is 11.9 Å². The molecule has 0 aliphatic carbocycles. The van der Waals surface area contributed by atoms with Gasteiger partial charge in [-0.1, -0.05) is 18.6 Å². The molecule has 1 heterocycles. The monoisotopic (exact) mass is 353 g/mol. The molecule has 0 saturated carbocycles. The van der Waals surface area contributed by atoms with Gasteiger partial charge < -0.3 is 9.80 Å². The maximum atomic E-state index is 12.7. The first-order valence-corrected chi connectivity index (χ1v) is 10.0. The average molecular weight is 353 g/mol. The summed E-state index contributed by atoms with van der Waals surface area (Å²) in [6.45, 7) is 0.904. The minimum atomic E-state index is -3.36. The van der Waals surface area contributed by atoms with E-state index in [2.05, 4.69) is 0 Å². The molecule has 1 aromatic carbocycles. The molecule has 1 fully saturated rings. The number of anilines is 1. The minimum Gasteiger partial charge on any atom is -0.378 e. The van der Waals surface area contributed by atoms with E-state index in [0.29, 0.717) is 19.5 Å². The van der Waals surface area contributed by atoms with Crippen molar-refractivity contribution in [1.82, 2.24) is 9.21 Å². The van der Waals surface area contributed by atoms with Crippen LogP contribution in [0.4, 0.5) is 5.69 Å². The second-order valence-corrected chi connectivity index (χ2v) is 8.58. The molecule has 134 valence electrons. The van der Waals surface area contributed by atoms with Crippen molar-refractivity contribution in [3.05, 3.63) is 29.8 Å². The minimum absolute atomic E-state index is 0.128. The molecule has 1 atom stereocenters. The van der Waals surface area contributed by atoms with Crippen molar-refractivity contribution < 1.29 is 13.2 Å². The largest absolute Gasteiger partial charge is 0.378 e. The fourth-order valence-electron chi connectivity index (χ4n) is 3.05. The number of benzene rings is 1. The Bertz CT molecular complexity index is 671. The summed E-state index contributed by atoms with van der Waals surface area (Å²) >= 11 is 0. The van der Waals surface area contributed by atoms with Gasteiger partial charge in [-0.2, -0.15) is 4.31 Å². The maximum Gasteiger partial charge on any atom is 0.241 e. The van der Waals surface area contributed by atoms with Crippen LogP contribution >= 0.6 is 0 Å². The molecule has 0 N–H and O–H groups in total. The Hall–Kier alpha value is -1.60. The van der Waals surface area contributed by atoms with Gasteiger partial charge in [-0.3, -0.25) is 4.79 Å². The number of carbonyl (C=O) groups excluding carboxylic acids is 1. The molecular weight excluding hydrogens is 326 g/mol. The molecular formula is C17H27N3O3S. The highest BCUT2D eigenvalue weighted by Gasteiger charge is 2.35. The van der Waals surface area contributed by atoms with Crippen molar-refractivity contribution in [2.45, 2.75) is 31.8 Å². The van der Waals surface area contributed by atoms with E-state index in [1.807, 2.05) is 43.3 Å². The molecule has 1 amide bonds. The van der Waals surface area contributed by atoms with Crippen LogP contribution in [0.2, 0.25) is 0 Å². The van der Waals surface area contributed by atoms with Crippen molar-refractivity contribution in [3.63, 3.8) is 0 Å². The zero-order chi connectivity index (χ0) is 17.9. The van der Waals surface area contributed by atoms with E-state index in [9.17, 15) is 13.2 Å². The Morgan fingerprint density at radius 2 is 1.79 bits per heavy atom. The Labute approximate surface area is 145 Å². The summed E-state index contributed by atoms with van der Waals surface area (Å²) in [5, 5.41) is 0. The summed E-state index contributed by atoms with van der Waals surface area (Å²) in [5.41, 5.74) is 2.13. The molecule has 1 aliphatic heterocycles. The van der Waals surface area contributed by atoms with Crippen LogP contribution in [0, 0.1) is 0 Å². The van der Waals surface area contributed by atoms with Gasteiger partial charge in [-0.05, 0) is 30.5 Å². The van der Waals surface area contributed by atoms with Gasteiger partial charge in [-0.25, -0.2) is 8.42 Å². The number of piperidine rings is 1. The number of amides is 1. The zero-order valence-corrected chi connectivity index (χ0v) is 15.7. The summed E-state index contributed by atoms with van der Waals surface area (Å²) in [4.78, 5) is 16.4. The van der Waals surface area contributed by atoms with Gasteiger partial charge in [0.2, 0.25) is 15.9 Å². The summed E-state index contributed by atoms with van der Waals surface area (Å²) < 4.78 is 25.2. The fraction of sp³-hybridized carbons (Fsp3) is 0.588. The number of sulfonamides is 1. The quantitative estimate of drug-likeness (QED) is 0.805. The van der Waals surface area contributed by atoms with Crippen LogP contribution in [-0.2, 0) is 21.4 Å². The highest BCUT2D eigenvalue weighted by atomic mass is 32.2. The van der Waals surface area contributed by atoms with Crippen molar-refractivity contribution in [3.8, 4) is 0 Å². The predicted molar refractivity (Wildman–Crippen MR) is 96.4 cm³/mol. The van der Waals surface area contributed by atoms with Crippen LogP contribution in [0.5, 0.6) is 0 Å². The van der Waals surface area contributed by atoms with Gasteiger partial charge in [0.15, 0.2) is 0 Å². The molecule has 7 heteroatoms. The second kappa shape index (κ2) is 7.53. The molecule has 0 radical (unpaired) electrons. The SMILES string of the molecule is CN(Cc1ccc(N(C)C)cc1)C(=O)C1CCCCN1S(C)(=O)=O. The van der Waals surface area contributed by atoms with Gasteiger partial charge in [0, 0.05) is 39.9 Å². The molecule has 1 aromatic rings. The smallest absolute Gasteiger partial charge is 0.241 e. The fourth-order valence-corrected chi connectivity index (χ4v) is 4.17. The first-order chi connectivity index (χ1) is 11.2. The van der Waals surface area contributed by atoms with Crippen LogP contribution in [0.25, 0.3) is 0 Å². The summed E-state index contributed by atoms with van der Waals surface area (Å²) in [7, 11) is 2.33. The third-order valence-corrected chi connectivity index (χ3v) is 5.70. The number of carbonyl (C=O) groups is 1. The molecule has 6 nitrogen and oxygen atoms in total. The normalized spacial score (nSPS) is 19.1. The number of hydrogen-bond acceptors (Lipinski definition) is 4. The number of rotatable bonds is 5. The third kappa shape index (κ3) is 4.48.